The highest BCUT2D eigenvalue weighted by molar-refractivity contribution is 7.99. The molecule has 9 heteroatoms. The molecule has 0 radical (unpaired) electrons. The maximum absolute atomic E-state index is 12.8. The summed E-state index contributed by atoms with van der Waals surface area (Å²) >= 11 is 2.86. The largest absolute Gasteiger partial charge is 0.485 e. The van der Waals surface area contributed by atoms with Gasteiger partial charge in [-0.2, -0.15) is 5.26 Å². The standard InChI is InChI=1S/C26H29N5O2S2/c1-4-12-31-23(15-33-21-9-7-6-8-17(21)3)29-30-26(31)34-16-24(32)28-25-20(14-27)19-11-10-18(5-2)13-22(19)35-25/h4,6-9,18H,1,5,10-13,15-16H2,2-3H3,(H,28,32). The molecule has 35 heavy (non-hydrogen) atoms. The summed E-state index contributed by atoms with van der Waals surface area (Å²) in [6.45, 7) is 8.81. The van der Waals surface area contributed by atoms with E-state index in [0.717, 1.165) is 42.6 Å². The molecule has 0 fully saturated rings. The third kappa shape index (κ3) is 5.77. The molecule has 0 saturated carbocycles. The van der Waals surface area contributed by atoms with Gasteiger partial charge in [0.2, 0.25) is 5.91 Å². The number of allylic oxidation sites excluding steroid dienone is 1. The van der Waals surface area contributed by atoms with E-state index in [0.29, 0.717) is 34.0 Å². The Morgan fingerprint density at radius 2 is 2.26 bits per heavy atom. The Hall–Kier alpha value is -3.09. The van der Waals surface area contributed by atoms with Gasteiger partial charge in [0.1, 0.15) is 23.4 Å². The van der Waals surface area contributed by atoms with Crippen LogP contribution in [0.3, 0.4) is 0 Å². The van der Waals surface area contributed by atoms with Crippen molar-refractivity contribution in [1.29, 1.82) is 5.26 Å². The molecule has 1 aromatic carbocycles. The van der Waals surface area contributed by atoms with Crippen LogP contribution in [0.4, 0.5) is 5.00 Å². The number of aromatic nitrogens is 3. The second kappa shape index (κ2) is 11.6. The summed E-state index contributed by atoms with van der Waals surface area (Å²) in [5, 5.41) is 22.5. The highest BCUT2D eigenvalue weighted by Gasteiger charge is 2.26. The number of aryl methyl sites for hydroxylation is 1. The summed E-state index contributed by atoms with van der Waals surface area (Å²) in [5.41, 5.74) is 2.79. The minimum Gasteiger partial charge on any atom is -0.485 e. The minimum atomic E-state index is -0.164. The molecule has 1 aliphatic rings. The van der Waals surface area contributed by atoms with Gasteiger partial charge in [-0.3, -0.25) is 9.36 Å². The number of fused-ring (bicyclic) bond motifs is 1. The van der Waals surface area contributed by atoms with Gasteiger partial charge in [0.05, 0.1) is 11.3 Å². The first-order valence-electron chi connectivity index (χ1n) is 11.7. The fourth-order valence-corrected chi connectivity index (χ4v) is 6.30. The van der Waals surface area contributed by atoms with Crippen LogP contribution in [0.25, 0.3) is 0 Å². The topological polar surface area (TPSA) is 92.8 Å². The SMILES string of the molecule is C=CCn1c(COc2ccccc2C)nnc1SCC(=O)Nc1sc2c(c1C#N)CCC(CC)C2. The summed E-state index contributed by atoms with van der Waals surface area (Å²) in [7, 11) is 0. The zero-order valence-electron chi connectivity index (χ0n) is 20.0. The van der Waals surface area contributed by atoms with Gasteiger partial charge in [-0.25, -0.2) is 0 Å². The Balaban J connectivity index is 1.40. The van der Waals surface area contributed by atoms with E-state index in [1.165, 1.54) is 16.6 Å². The van der Waals surface area contributed by atoms with Crippen molar-refractivity contribution in [3.63, 3.8) is 0 Å². The van der Waals surface area contributed by atoms with E-state index in [4.69, 9.17) is 4.74 Å². The molecule has 1 aliphatic carbocycles. The molecule has 1 N–H and O–H groups in total. The Morgan fingerprint density at radius 3 is 3.00 bits per heavy atom. The average molecular weight is 508 g/mol. The van der Waals surface area contributed by atoms with Crippen molar-refractivity contribution in [2.24, 2.45) is 5.92 Å². The number of hydrogen-bond acceptors (Lipinski definition) is 7. The van der Waals surface area contributed by atoms with Crippen molar-refractivity contribution in [1.82, 2.24) is 14.8 Å². The number of para-hydroxylation sites is 1. The van der Waals surface area contributed by atoms with Crippen molar-refractivity contribution >= 4 is 34.0 Å². The van der Waals surface area contributed by atoms with Gasteiger partial charge in [0.25, 0.3) is 0 Å². The normalized spacial score (nSPS) is 14.7. The molecule has 4 rings (SSSR count). The number of amides is 1. The number of hydrogen-bond donors (Lipinski definition) is 1. The van der Waals surface area contributed by atoms with E-state index in [2.05, 4.69) is 35.1 Å². The quantitative estimate of drug-likeness (QED) is 0.286. The number of rotatable bonds is 10. The molecule has 0 bridgehead atoms. The fraction of sp³-hybridized carbons (Fsp3) is 0.385. The summed E-state index contributed by atoms with van der Waals surface area (Å²) in [6.07, 6.45) is 5.92. The van der Waals surface area contributed by atoms with Crippen LogP contribution in [-0.2, 0) is 30.8 Å². The summed E-state index contributed by atoms with van der Waals surface area (Å²) in [4.78, 5) is 14.0. The molecule has 2 heterocycles. The Kier molecular flexibility index (Phi) is 8.26. The molecule has 3 aromatic rings. The van der Waals surface area contributed by atoms with Gasteiger partial charge in [0.15, 0.2) is 11.0 Å². The molecule has 1 atom stereocenters. The van der Waals surface area contributed by atoms with E-state index in [-0.39, 0.29) is 18.3 Å². The summed E-state index contributed by atoms with van der Waals surface area (Å²) in [6, 6.07) is 10.1. The number of carbonyl (C=O) groups is 1. The second-order valence-electron chi connectivity index (χ2n) is 8.53. The lowest BCUT2D eigenvalue weighted by atomic mass is 9.86. The van der Waals surface area contributed by atoms with Crippen LogP contribution >= 0.6 is 23.1 Å². The molecule has 182 valence electrons. The maximum Gasteiger partial charge on any atom is 0.235 e. The lowest BCUT2D eigenvalue weighted by molar-refractivity contribution is -0.113. The van der Waals surface area contributed by atoms with E-state index in [1.807, 2.05) is 35.8 Å². The number of ether oxygens (including phenoxy) is 1. The number of carbonyl (C=O) groups excluding carboxylic acids is 1. The van der Waals surface area contributed by atoms with Gasteiger partial charge >= 0.3 is 0 Å². The number of nitriles is 1. The van der Waals surface area contributed by atoms with E-state index in [1.54, 1.807) is 17.4 Å². The van der Waals surface area contributed by atoms with Crippen LogP contribution in [0.2, 0.25) is 0 Å². The first kappa shape index (κ1) is 25.0. The number of thiophene rings is 1. The zero-order chi connectivity index (χ0) is 24.8. The molecule has 1 unspecified atom stereocenters. The highest BCUT2D eigenvalue weighted by Crippen LogP contribution is 2.40. The lowest BCUT2D eigenvalue weighted by Gasteiger charge is -2.20. The minimum absolute atomic E-state index is 0.164. The van der Waals surface area contributed by atoms with Gasteiger partial charge in [-0.15, -0.1) is 28.1 Å². The zero-order valence-corrected chi connectivity index (χ0v) is 21.7. The van der Waals surface area contributed by atoms with Gasteiger partial charge < -0.3 is 10.1 Å². The predicted octanol–water partition coefficient (Wildman–Crippen LogP) is 5.53. The number of benzene rings is 1. The molecule has 7 nitrogen and oxygen atoms in total. The van der Waals surface area contributed by atoms with Crippen LogP contribution in [0.5, 0.6) is 5.75 Å². The third-order valence-corrected chi connectivity index (χ3v) is 8.33. The Labute approximate surface area is 214 Å². The molecule has 0 spiro atoms. The van der Waals surface area contributed by atoms with Crippen molar-refractivity contribution in [2.45, 2.75) is 57.8 Å². The molecule has 2 aromatic heterocycles. The Morgan fingerprint density at radius 1 is 1.43 bits per heavy atom. The number of nitrogens with one attached hydrogen (secondary N) is 1. The van der Waals surface area contributed by atoms with Crippen LogP contribution in [0, 0.1) is 24.2 Å². The van der Waals surface area contributed by atoms with Crippen LogP contribution in [0.1, 0.15) is 47.2 Å². The first-order chi connectivity index (χ1) is 17.0. The van der Waals surface area contributed by atoms with E-state index >= 15 is 0 Å². The van der Waals surface area contributed by atoms with Crippen molar-refractivity contribution in [3.8, 4) is 11.8 Å². The molecule has 0 aliphatic heterocycles. The molecule has 0 saturated heterocycles. The van der Waals surface area contributed by atoms with Crippen LogP contribution in [0.15, 0.2) is 42.1 Å². The lowest BCUT2D eigenvalue weighted by Crippen LogP contribution is -2.15. The highest BCUT2D eigenvalue weighted by atomic mass is 32.2. The monoisotopic (exact) mass is 507 g/mol. The smallest absolute Gasteiger partial charge is 0.235 e. The second-order valence-corrected chi connectivity index (χ2v) is 10.6. The van der Waals surface area contributed by atoms with E-state index < -0.39 is 0 Å². The molecular weight excluding hydrogens is 478 g/mol. The summed E-state index contributed by atoms with van der Waals surface area (Å²) < 4.78 is 7.83. The van der Waals surface area contributed by atoms with Gasteiger partial charge in [-0.1, -0.05) is 49.4 Å². The van der Waals surface area contributed by atoms with Crippen molar-refractivity contribution in [2.75, 3.05) is 11.1 Å². The number of nitrogens with zero attached hydrogens (tertiary/aromatic N) is 4. The first-order valence-corrected chi connectivity index (χ1v) is 13.5. The number of anilines is 1. The summed E-state index contributed by atoms with van der Waals surface area (Å²) in [5.74, 6) is 2.12. The Bertz CT molecular complexity index is 1260. The van der Waals surface area contributed by atoms with Gasteiger partial charge in [-0.05, 0) is 49.3 Å². The van der Waals surface area contributed by atoms with Crippen LogP contribution < -0.4 is 10.1 Å². The fourth-order valence-electron chi connectivity index (χ4n) is 4.21. The van der Waals surface area contributed by atoms with E-state index in [9.17, 15) is 10.1 Å². The van der Waals surface area contributed by atoms with Crippen molar-refractivity contribution in [3.05, 3.63) is 64.3 Å². The average Bonchev–Trinajstić information content (AvgIpc) is 3.41. The maximum atomic E-state index is 12.8. The van der Waals surface area contributed by atoms with Crippen LogP contribution in [-0.4, -0.2) is 26.4 Å². The van der Waals surface area contributed by atoms with Gasteiger partial charge in [0, 0.05) is 11.4 Å². The van der Waals surface area contributed by atoms with Crippen molar-refractivity contribution < 1.29 is 9.53 Å². The molecular formula is C26H29N5O2S2. The third-order valence-electron chi connectivity index (χ3n) is 6.20. The predicted molar refractivity (Wildman–Crippen MR) is 140 cm³/mol. The molecule has 1 amide bonds. The number of thioether (sulfide) groups is 1.